The highest BCUT2D eigenvalue weighted by molar-refractivity contribution is 7.08. The van der Waals surface area contributed by atoms with Crippen LogP contribution in [0.3, 0.4) is 0 Å². The first kappa shape index (κ1) is 15.0. The molecule has 1 unspecified atom stereocenters. The summed E-state index contributed by atoms with van der Waals surface area (Å²) in [6.45, 7) is 2.86. The quantitative estimate of drug-likeness (QED) is 0.869. The van der Waals surface area contributed by atoms with E-state index in [0.717, 1.165) is 5.56 Å². The summed E-state index contributed by atoms with van der Waals surface area (Å²) in [5.74, 6) is -1.24. The molecule has 1 saturated heterocycles. The number of hydrogen-bond donors (Lipinski definition) is 2. The van der Waals surface area contributed by atoms with Gasteiger partial charge in [0.1, 0.15) is 0 Å². The highest BCUT2D eigenvalue weighted by Crippen LogP contribution is 2.30. The van der Waals surface area contributed by atoms with Gasteiger partial charge in [0.15, 0.2) is 0 Å². The number of nitrogens with one attached hydrogen (secondary N) is 1. The Morgan fingerprint density at radius 1 is 1.50 bits per heavy atom. The van der Waals surface area contributed by atoms with Gasteiger partial charge in [0.05, 0.1) is 11.3 Å². The maximum atomic E-state index is 12.1. The lowest BCUT2D eigenvalue weighted by molar-refractivity contribution is -0.154. The van der Waals surface area contributed by atoms with Gasteiger partial charge in [0.2, 0.25) is 5.91 Å². The van der Waals surface area contributed by atoms with Crippen molar-refractivity contribution in [3.05, 3.63) is 22.4 Å². The number of thiophene rings is 1. The first-order valence-corrected chi connectivity index (χ1v) is 7.60. The Morgan fingerprint density at radius 3 is 2.75 bits per heavy atom. The van der Waals surface area contributed by atoms with Crippen LogP contribution in [0, 0.1) is 5.41 Å². The van der Waals surface area contributed by atoms with Crippen LogP contribution < -0.4 is 5.32 Å². The van der Waals surface area contributed by atoms with Gasteiger partial charge in [-0.25, -0.2) is 0 Å². The highest BCUT2D eigenvalue weighted by Gasteiger charge is 2.40. The SMILES string of the molecule is CC(C(=O)NCC1(C(=O)O)CCOCC1)c1ccsc1. The van der Waals surface area contributed by atoms with E-state index in [-0.39, 0.29) is 18.4 Å². The van der Waals surface area contributed by atoms with E-state index in [0.29, 0.717) is 26.1 Å². The summed E-state index contributed by atoms with van der Waals surface area (Å²) >= 11 is 1.54. The van der Waals surface area contributed by atoms with Crippen molar-refractivity contribution in [2.45, 2.75) is 25.7 Å². The van der Waals surface area contributed by atoms with Crippen molar-refractivity contribution in [3.8, 4) is 0 Å². The third-order valence-electron chi connectivity index (χ3n) is 3.94. The van der Waals surface area contributed by atoms with Crippen LogP contribution in [0.25, 0.3) is 0 Å². The standard InChI is InChI=1S/C14H19NO4S/c1-10(11-2-7-20-8-11)12(16)15-9-14(13(17)18)3-5-19-6-4-14/h2,7-8,10H,3-6,9H2,1H3,(H,15,16)(H,17,18). The molecule has 0 bridgehead atoms. The largest absolute Gasteiger partial charge is 0.481 e. The summed E-state index contributed by atoms with van der Waals surface area (Å²) in [6.07, 6.45) is 0.880. The second-order valence-corrected chi connectivity index (χ2v) is 5.97. The second-order valence-electron chi connectivity index (χ2n) is 5.19. The number of hydrogen-bond acceptors (Lipinski definition) is 4. The van der Waals surface area contributed by atoms with Gasteiger partial charge in [-0.05, 0) is 42.2 Å². The summed E-state index contributed by atoms with van der Waals surface area (Å²) < 4.78 is 5.21. The highest BCUT2D eigenvalue weighted by atomic mass is 32.1. The van der Waals surface area contributed by atoms with Crippen LogP contribution in [0.2, 0.25) is 0 Å². The minimum absolute atomic E-state index is 0.129. The van der Waals surface area contributed by atoms with Crippen LogP contribution in [0.1, 0.15) is 31.2 Å². The Bertz CT molecular complexity index is 466. The number of carboxylic acids is 1. The molecule has 6 heteroatoms. The Balaban J connectivity index is 1.95. The molecule has 1 aromatic heterocycles. The van der Waals surface area contributed by atoms with E-state index in [1.165, 1.54) is 0 Å². The molecule has 1 amide bonds. The Morgan fingerprint density at radius 2 is 2.20 bits per heavy atom. The van der Waals surface area contributed by atoms with E-state index in [1.54, 1.807) is 11.3 Å². The van der Waals surface area contributed by atoms with E-state index in [9.17, 15) is 14.7 Å². The first-order chi connectivity index (χ1) is 9.55. The third-order valence-corrected chi connectivity index (χ3v) is 4.64. The van der Waals surface area contributed by atoms with Crippen molar-refractivity contribution in [1.82, 2.24) is 5.32 Å². The summed E-state index contributed by atoms with van der Waals surface area (Å²) in [6, 6.07) is 1.91. The predicted molar refractivity (Wildman–Crippen MR) is 75.9 cm³/mol. The van der Waals surface area contributed by atoms with Gasteiger partial charge in [-0.2, -0.15) is 11.3 Å². The molecule has 0 saturated carbocycles. The molecule has 1 aromatic rings. The predicted octanol–water partition coefficient (Wildman–Crippen LogP) is 1.85. The zero-order chi connectivity index (χ0) is 14.6. The van der Waals surface area contributed by atoms with Crippen LogP contribution in [0.5, 0.6) is 0 Å². The van der Waals surface area contributed by atoms with Crippen molar-refractivity contribution in [2.24, 2.45) is 5.41 Å². The number of aliphatic carboxylic acids is 1. The van der Waals surface area contributed by atoms with Gasteiger partial charge >= 0.3 is 5.97 Å². The fraction of sp³-hybridized carbons (Fsp3) is 0.571. The van der Waals surface area contributed by atoms with Crippen LogP contribution >= 0.6 is 11.3 Å². The maximum Gasteiger partial charge on any atom is 0.311 e. The van der Waals surface area contributed by atoms with E-state index < -0.39 is 11.4 Å². The fourth-order valence-electron chi connectivity index (χ4n) is 2.31. The molecule has 5 nitrogen and oxygen atoms in total. The lowest BCUT2D eigenvalue weighted by atomic mass is 9.80. The molecule has 0 aliphatic carbocycles. The van der Waals surface area contributed by atoms with Gasteiger partial charge in [0.25, 0.3) is 0 Å². The molecule has 0 spiro atoms. The van der Waals surface area contributed by atoms with Crippen LogP contribution in [0.4, 0.5) is 0 Å². The number of carbonyl (C=O) groups excluding carboxylic acids is 1. The van der Waals surface area contributed by atoms with Gasteiger partial charge in [-0.1, -0.05) is 0 Å². The topological polar surface area (TPSA) is 75.6 Å². The van der Waals surface area contributed by atoms with Crippen molar-refractivity contribution in [1.29, 1.82) is 0 Å². The van der Waals surface area contributed by atoms with Gasteiger partial charge < -0.3 is 15.2 Å². The average molecular weight is 297 g/mol. The zero-order valence-corrected chi connectivity index (χ0v) is 12.2. The summed E-state index contributed by atoms with van der Waals surface area (Å²) in [5, 5.41) is 16.1. The normalized spacial score (nSPS) is 19.2. The Kier molecular flexibility index (Phi) is 4.77. The minimum atomic E-state index is -0.887. The van der Waals surface area contributed by atoms with Crippen molar-refractivity contribution in [3.63, 3.8) is 0 Å². The Labute approximate surface area is 121 Å². The lowest BCUT2D eigenvalue weighted by Crippen LogP contribution is -2.47. The molecule has 1 aliphatic heterocycles. The molecule has 2 N–H and O–H groups in total. The Hall–Kier alpha value is -1.40. The number of ether oxygens (including phenoxy) is 1. The van der Waals surface area contributed by atoms with Crippen molar-refractivity contribution < 1.29 is 19.4 Å². The molecule has 110 valence electrons. The zero-order valence-electron chi connectivity index (χ0n) is 11.4. The third kappa shape index (κ3) is 3.19. The molecule has 1 atom stereocenters. The maximum absolute atomic E-state index is 12.1. The fourth-order valence-corrected chi connectivity index (χ4v) is 3.06. The molecule has 0 aromatic carbocycles. The molecule has 20 heavy (non-hydrogen) atoms. The van der Waals surface area contributed by atoms with Gasteiger partial charge in [0, 0.05) is 19.8 Å². The van der Waals surface area contributed by atoms with E-state index in [1.807, 2.05) is 23.8 Å². The van der Waals surface area contributed by atoms with E-state index in [2.05, 4.69) is 5.32 Å². The van der Waals surface area contributed by atoms with Crippen LogP contribution in [0.15, 0.2) is 16.8 Å². The number of carbonyl (C=O) groups is 2. The lowest BCUT2D eigenvalue weighted by Gasteiger charge is -2.33. The molecule has 1 aliphatic rings. The summed E-state index contributed by atoms with van der Waals surface area (Å²) in [7, 11) is 0. The van der Waals surface area contributed by atoms with Crippen molar-refractivity contribution >= 4 is 23.2 Å². The molecular formula is C14H19NO4S. The summed E-state index contributed by atoms with van der Waals surface area (Å²) in [4.78, 5) is 23.6. The van der Waals surface area contributed by atoms with Crippen LogP contribution in [-0.2, 0) is 14.3 Å². The summed E-state index contributed by atoms with van der Waals surface area (Å²) in [5.41, 5.74) is 0.0753. The first-order valence-electron chi connectivity index (χ1n) is 6.66. The van der Waals surface area contributed by atoms with Crippen molar-refractivity contribution in [2.75, 3.05) is 19.8 Å². The molecule has 2 rings (SSSR count). The molecule has 2 heterocycles. The molecular weight excluding hydrogens is 278 g/mol. The molecule has 0 radical (unpaired) electrons. The van der Waals surface area contributed by atoms with Gasteiger partial charge in [-0.3, -0.25) is 9.59 Å². The minimum Gasteiger partial charge on any atom is -0.481 e. The molecule has 1 fully saturated rings. The van der Waals surface area contributed by atoms with E-state index in [4.69, 9.17) is 4.74 Å². The number of amides is 1. The smallest absolute Gasteiger partial charge is 0.311 e. The number of carboxylic acid groups (broad SMARTS) is 1. The average Bonchev–Trinajstić information content (AvgIpc) is 2.99. The number of rotatable bonds is 5. The second kappa shape index (κ2) is 6.37. The van der Waals surface area contributed by atoms with Crippen LogP contribution in [-0.4, -0.2) is 36.7 Å². The van der Waals surface area contributed by atoms with Gasteiger partial charge in [-0.15, -0.1) is 0 Å². The monoisotopic (exact) mass is 297 g/mol. The van der Waals surface area contributed by atoms with E-state index >= 15 is 0 Å².